The number of carbonyl (C=O) groups is 1. The van der Waals surface area contributed by atoms with Crippen LogP contribution in [-0.4, -0.2) is 105 Å². The molecule has 1 aliphatic rings. The van der Waals surface area contributed by atoms with Crippen LogP contribution in [0.4, 0.5) is 5.69 Å². The minimum Gasteiger partial charge on any atom is -0.390 e. The van der Waals surface area contributed by atoms with Gasteiger partial charge in [-0.2, -0.15) is 5.21 Å². The van der Waals surface area contributed by atoms with E-state index in [0.717, 1.165) is 6.07 Å². The maximum atomic E-state index is 13.0. The van der Waals surface area contributed by atoms with E-state index in [0.29, 0.717) is 26.2 Å². The molecule has 1 aromatic carbocycles. The van der Waals surface area contributed by atoms with Crippen molar-refractivity contribution in [1.82, 2.24) is 30.2 Å². The van der Waals surface area contributed by atoms with Crippen LogP contribution in [0.25, 0.3) is 11.4 Å². The molecule has 1 aliphatic heterocycles. The molecule has 2 heterocycles. The number of H-pyrrole nitrogens is 1. The highest BCUT2D eigenvalue weighted by atomic mass is 32.2. The van der Waals surface area contributed by atoms with Gasteiger partial charge in [0, 0.05) is 45.0 Å². The summed E-state index contributed by atoms with van der Waals surface area (Å²) in [6.45, 7) is 0.426. The summed E-state index contributed by atoms with van der Waals surface area (Å²) in [5, 5.41) is 28.4. The maximum Gasteiger partial charge on any atom is 0.242 e. The van der Waals surface area contributed by atoms with E-state index in [4.69, 9.17) is 16.6 Å². The number of sulfonamides is 2. The van der Waals surface area contributed by atoms with Crippen molar-refractivity contribution in [3.63, 3.8) is 0 Å². The first-order valence-electron chi connectivity index (χ1n) is 10.0. The number of primary sulfonamides is 1. The van der Waals surface area contributed by atoms with Crippen molar-refractivity contribution >= 4 is 31.6 Å². The Labute approximate surface area is 195 Å². The van der Waals surface area contributed by atoms with Crippen LogP contribution in [0.1, 0.15) is 0 Å². The van der Waals surface area contributed by atoms with Crippen molar-refractivity contribution in [2.45, 2.75) is 15.9 Å². The summed E-state index contributed by atoms with van der Waals surface area (Å²) >= 11 is 0. The predicted octanol–water partition coefficient (Wildman–Crippen LogP) is -4.28. The molecule has 0 bridgehead atoms. The Morgan fingerprint density at radius 1 is 1.18 bits per heavy atom. The predicted molar refractivity (Wildman–Crippen MR) is 119 cm³/mol. The molecule has 1 amide bonds. The van der Waals surface area contributed by atoms with Crippen LogP contribution >= 0.6 is 0 Å². The van der Waals surface area contributed by atoms with Crippen LogP contribution in [-0.2, 0) is 24.8 Å². The Morgan fingerprint density at radius 3 is 2.38 bits per heavy atom. The van der Waals surface area contributed by atoms with Crippen molar-refractivity contribution in [2.24, 2.45) is 16.6 Å². The van der Waals surface area contributed by atoms with Gasteiger partial charge in [-0.15, -0.1) is 10.2 Å². The van der Waals surface area contributed by atoms with Crippen molar-refractivity contribution in [2.75, 3.05) is 50.7 Å². The van der Waals surface area contributed by atoms with Crippen molar-refractivity contribution < 1.29 is 26.7 Å². The summed E-state index contributed by atoms with van der Waals surface area (Å²) in [6, 6.07) is 2.49. The number of aliphatic hydroxyl groups is 1. The van der Waals surface area contributed by atoms with E-state index in [2.05, 4.69) is 25.3 Å². The molecule has 2 aromatic rings. The molecule has 0 saturated carbocycles. The van der Waals surface area contributed by atoms with Crippen molar-refractivity contribution in [3.05, 3.63) is 12.1 Å². The van der Waals surface area contributed by atoms with Gasteiger partial charge in [-0.25, -0.2) is 26.7 Å². The first kappa shape index (κ1) is 25.9. The van der Waals surface area contributed by atoms with Gasteiger partial charge in [0.25, 0.3) is 0 Å². The van der Waals surface area contributed by atoms with Crippen molar-refractivity contribution in [3.8, 4) is 11.4 Å². The Balaban J connectivity index is 2.14. The van der Waals surface area contributed by atoms with E-state index in [9.17, 15) is 26.7 Å². The number of carbonyl (C=O) groups excluding carboxylic acids is 1. The lowest BCUT2D eigenvalue weighted by Crippen LogP contribution is -2.50. The summed E-state index contributed by atoms with van der Waals surface area (Å²) in [4.78, 5) is 13.8. The topological polar surface area (TPSA) is 257 Å². The first-order valence-corrected chi connectivity index (χ1v) is 13.1. The number of aromatic nitrogens is 4. The first-order chi connectivity index (χ1) is 16.0. The van der Waals surface area contributed by atoms with Gasteiger partial charge in [-0.05, 0) is 17.3 Å². The zero-order chi connectivity index (χ0) is 25.1. The number of hydrogen-bond donors (Lipinski definition) is 6. The third-order valence-electron chi connectivity index (χ3n) is 5.17. The van der Waals surface area contributed by atoms with Gasteiger partial charge >= 0.3 is 0 Å². The smallest absolute Gasteiger partial charge is 0.242 e. The number of amides is 1. The monoisotopic (exact) mass is 518 g/mol. The molecule has 1 aromatic heterocycles. The largest absolute Gasteiger partial charge is 0.390 e. The Bertz CT molecular complexity index is 1230. The Morgan fingerprint density at radius 2 is 1.85 bits per heavy atom. The number of piperazine rings is 1. The normalized spacial score (nSPS) is 16.0. The highest BCUT2D eigenvalue weighted by Crippen LogP contribution is 2.38. The lowest BCUT2D eigenvalue weighted by Gasteiger charge is -2.37. The van der Waals surface area contributed by atoms with Crippen LogP contribution in [0, 0.1) is 0 Å². The Hall–Kier alpha value is -2.74. The van der Waals surface area contributed by atoms with E-state index < -0.39 is 42.5 Å². The molecule has 9 N–H and O–H groups in total. The lowest BCUT2D eigenvalue weighted by molar-refractivity contribution is -0.129. The van der Waals surface area contributed by atoms with E-state index in [1.807, 2.05) is 0 Å². The van der Waals surface area contributed by atoms with E-state index in [1.54, 1.807) is 9.80 Å². The Kier molecular flexibility index (Phi) is 7.81. The number of anilines is 1. The number of tetrazole rings is 1. The molecular weight excluding hydrogens is 492 g/mol. The number of aromatic amines is 1. The SMILES string of the molecule is NCC(=O)N1CCN(c2ccc(S(=O)(=O)NCC(O)CN)c(S(N)(=O)=O)c2-c2nn[nH]n2)CC1. The molecular formula is C16H26N10O6S2. The summed E-state index contributed by atoms with van der Waals surface area (Å²) in [5.41, 5.74) is 10.8. The number of aliphatic hydroxyl groups excluding tert-OH is 1. The fourth-order valence-corrected chi connectivity index (χ4v) is 6.15. The van der Waals surface area contributed by atoms with Gasteiger partial charge < -0.3 is 26.4 Å². The minimum absolute atomic E-state index is 0.137. The standard InChI is InChI=1S/C16H26N10O6S2/c17-7-10(27)9-20-34(31,32)12-2-1-11(25-3-5-26(6-4-25)13(28)8-18)14(15(12)33(19,29)30)16-21-23-24-22-16/h1-2,10,20,27H,3-9,17-18H2,(H2,19,29,30)(H,21,22,23,24). The molecule has 188 valence electrons. The molecule has 34 heavy (non-hydrogen) atoms. The van der Waals surface area contributed by atoms with Crippen molar-refractivity contribution in [1.29, 1.82) is 0 Å². The second-order valence-electron chi connectivity index (χ2n) is 7.38. The molecule has 1 saturated heterocycles. The summed E-state index contributed by atoms with van der Waals surface area (Å²) in [6.07, 6.45) is -1.18. The van der Waals surface area contributed by atoms with Gasteiger partial charge in [-0.1, -0.05) is 0 Å². The molecule has 16 nitrogen and oxygen atoms in total. The fourth-order valence-electron chi connectivity index (χ4n) is 3.49. The zero-order valence-electron chi connectivity index (χ0n) is 18.0. The number of benzene rings is 1. The second-order valence-corrected chi connectivity index (χ2v) is 10.6. The molecule has 1 fully saturated rings. The van der Waals surface area contributed by atoms with Gasteiger partial charge in [0.2, 0.25) is 31.8 Å². The second kappa shape index (κ2) is 10.3. The fraction of sp³-hybridized carbons (Fsp3) is 0.500. The maximum absolute atomic E-state index is 13.0. The number of nitrogens with one attached hydrogen (secondary N) is 2. The average molecular weight is 519 g/mol. The molecule has 0 aliphatic carbocycles. The van der Waals surface area contributed by atoms with E-state index in [-0.39, 0.29) is 36.1 Å². The lowest BCUT2D eigenvalue weighted by atomic mass is 10.1. The van der Waals surface area contributed by atoms with Crippen LogP contribution in [0.5, 0.6) is 0 Å². The van der Waals surface area contributed by atoms with Crippen LogP contribution in [0.15, 0.2) is 21.9 Å². The van der Waals surface area contributed by atoms with Gasteiger partial charge in [0.15, 0.2) is 0 Å². The molecule has 1 unspecified atom stereocenters. The third-order valence-corrected chi connectivity index (χ3v) is 7.76. The number of hydrogen-bond acceptors (Lipinski definition) is 12. The number of nitrogens with two attached hydrogens (primary N) is 3. The van der Waals surface area contributed by atoms with Gasteiger partial charge in [0.05, 0.1) is 18.2 Å². The highest BCUT2D eigenvalue weighted by molar-refractivity contribution is 7.92. The summed E-state index contributed by atoms with van der Waals surface area (Å²) in [5.74, 6) is -0.422. The van der Waals surface area contributed by atoms with Crippen LogP contribution < -0.4 is 26.2 Å². The van der Waals surface area contributed by atoms with Crippen LogP contribution in [0.2, 0.25) is 0 Å². The average Bonchev–Trinajstić information content (AvgIpc) is 3.35. The molecule has 0 spiro atoms. The summed E-state index contributed by atoms with van der Waals surface area (Å²) < 4.78 is 53.4. The van der Waals surface area contributed by atoms with Crippen LogP contribution in [0.3, 0.4) is 0 Å². The minimum atomic E-state index is -4.64. The molecule has 0 radical (unpaired) electrons. The van der Waals surface area contributed by atoms with Gasteiger partial charge in [0.1, 0.15) is 9.79 Å². The quantitative estimate of drug-likeness (QED) is 0.184. The van der Waals surface area contributed by atoms with E-state index in [1.165, 1.54) is 6.07 Å². The van der Waals surface area contributed by atoms with E-state index >= 15 is 0 Å². The summed E-state index contributed by atoms with van der Waals surface area (Å²) in [7, 11) is -9.10. The zero-order valence-corrected chi connectivity index (χ0v) is 19.6. The molecule has 18 heteroatoms. The molecule has 1 atom stereocenters. The number of rotatable bonds is 9. The van der Waals surface area contributed by atoms with Gasteiger partial charge in [-0.3, -0.25) is 4.79 Å². The third kappa shape index (κ3) is 5.49. The molecule has 3 rings (SSSR count). The highest BCUT2D eigenvalue weighted by Gasteiger charge is 2.34. The number of nitrogens with zero attached hydrogens (tertiary/aromatic N) is 5.